The molecule has 2 saturated heterocycles. The molecule has 2 unspecified atom stereocenters. The molecule has 0 aromatic heterocycles. The molecule has 0 aliphatic carbocycles. The largest absolute Gasteiger partial charge is 0.494 e. The maximum atomic E-state index is 12.7. The lowest BCUT2D eigenvalue weighted by Crippen LogP contribution is -2.50. The Morgan fingerprint density at radius 1 is 1.04 bits per heavy atom. The van der Waals surface area contributed by atoms with Crippen LogP contribution < -0.4 is 4.74 Å². The summed E-state index contributed by atoms with van der Waals surface area (Å²) in [5, 5.41) is -0.405. The summed E-state index contributed by atoms with van der Waals surface area (Å²) in [5.41, 5.74) is 0. The summed E-state index contributed by atoms with van der Waals surface area (Å²) in [7, 11) is -6.50. The topological polar surface area (TPSA) is 80.8 Å². The van der Waals surface area contributed by atoms with Gasteiger partial charge in [-0.2, -0.15) is 4.31 Å². The zero-order chi connectivity index (χ0) is 18.1. The molecule has 0 spiro atoms. The second-order valence-corrected chi connectivity index (χ2v) is 11.3. The molecule has 2 fully saturated rings. The Kier molecular flexibility index (Phi) is 5.41. The molecule has 8 heteroatoms. The number of sulfonamides is 1. The van der Waals surface area contributed by atoms with Crippen LogP contribution in [0, 0.1) is 0 Å². The van der Waals surface area contributed by atoms with Gasteiger partial charge in [-0.05, 0) is 44.2 Å². The number of hydrogen-bond acceptors (Lipinski definition) is 5. The van der Waals surface area contributed by atoms with Crippen molar-refractivity contribution in [2.24, 2.45) is 0 Å². The molecule has 2 aliphatic rings. The average molecular weight is 388 g/mol. The predicted octanol–water partition coefficient (Wildman–Crippen LogP) is 1.83. The second-order valence-electron chi connectivity index (χ2n) is 6.97. The quantitative estimate of drug-likeness (QED) is 0.667. The molecule has 0 saturated carbocycles. The highest BCUT2D eigenvalue weighted by molar-refractivity contribution is 7.91. The van der Waals surface area contributed by atoms with Gasteiger partial charge in [0.15, 0.2) is 0 Å². The van der Waals surface area contributed by atoms with Crippen LogP contribution in [0.2, 0.25) is 0 Å². The molecule has 25 heavy (non-hydrogen) atoms. The van der Waals surface area contributed by atoms with E-state index in [1.807, 2.05) is 30.3 Å². The third-order valence-electron chi connectivity index (χ3n) is 5.11. The third kappa shape index (κ3) is 4.35. The standard InChI is InChI=1S/C17H25NO5S2/c1-24(19,20)17-12-14-8-9-15(13-17)18(14)25(21,22)11-5-10-23-16-6-3-2-4-7-16/h2-4,6-7,14-15,17H,5,8-13H2,1H3. The first-order chi connectivity index (χ1) is 11.8. The lowest BCUT2D eigenvalue weighted by Gasteiger charge is -2.37. The van der Waals surface area contributed by atoms with Gasteiger partial charge in [0.1, 0.15) is 15.6 Å². The van der Waals surface area contributed by atoms with E-state index in [1.54, 1.807) is 4.31 Å². The number of benzene rings is 1. The minimum atomic E-state index is -3.38. The zero-order valence-corrected chi connectivity index (χ0v) is 16.0. The van der Waals surface area contributed by atoms with Gasteiger partial charge >= 0.3 is 0 Å². The Balaban J connectivity index is 1.56. The summed E-state index contributed by atoms with van der Waals surface area (Å²) in [6.45, 7) is 0.346. The van der Waals surface area contributed by atoms with Crippen LogP contribution in [-0.2, 0) is 19.9 Å². The minimum absolute atomic E-state index is 0.0381. The molecule has 2 aliphatic heterocycles. The first-order valence-corrected chi connectivity index (χ1v) is 12.2. The normalized spacial score (nSPS) is 27.3. The number of nitrogens with zero attached hydrogens (tertiary/aromatic N) is 1. The highest BCUT2D eigenvalue weighted by atomic mass is 32.2. The summed E-state index contributed by atoms with van der Waals surface area (Å²) in [5.74, 6) is 0.769. The maximum absolute atomic E-state index is 12.7. The van der Waals surface area contributed by atoms with Crippen molar-refractivity contribution in [3.05, 3.63) is 30.3 Å². The highest BCUT2D eigenvalue weighted by Crippen LogP contribution is 2.40. The number of fused-ring (bicyclic) bond motifs is 2. The monoisotopic (exact) mass is 387 g/mol. The second kappa shape index (κ2) is 7.25. The smallest absolute Gasteiger partial charge is 0.214 e. The molecule has 2 atom stereocenters. The van der Waals surface area contributed by atoms with Crippen LogP contribution in [0.1, 0.15) is 32.1 Å². The highest BCUT2D eigenvalue weighted by Gasteiger charge is 2.48. The predicted molar refractivity (Wildman–Crippen MR) is 96.9 cm³/mol. The molecular formula is C17H25NO5S2. The SMILES string of the molecule is CS(=O)(=O)C1CC2CCC(C1)N2S(=O)(=O)CCCOc1ccccc1. The van der Waals surface area contributed by atoms with Gasteiger partial charge in [-0.1, -0.05) is 18.2 Å². The van der Waals surface area contributed by atoms with Gasteiger partial charge in [0, 0.05) is 18.3 Å². The minimum Gasteiger partial charge on any atom is -0.494 e. The van der Waals surface area contributed by atoms with Crippen LogP contribution in [0.3, 0.4) is 0 Å². The Morgan fingerprint density at radius 2 is 1.64 bits per heavy atom. The van der Waals surface area contributed by atoms with E-state index in [0.29, 0.717) is 25.9 Å². The Morgan fingerprint density at radius 3 is 2.20 bits per heavy atom. The summed E-state index contributed by atoms with van der Waals surface area (Å²) in [4.78, 5) is 0. The van der Waals surface area contributed by atoms with Crippen molar-refractivity contribution in [1.82, 2.24) is 4.31 Å². The molecule has 0 N–H and O–H groups in total. The van der Waals surface area contributed by atoms with Crippen molar-refractivity contribution < 1.29 is 21.6 Å². The van der Waals surface area contributed by atoms with Crippen molar-refractivity contribution in [3.63, 3.8) is 0 Å². The van der Waals surface area contributed by atoms with E-state index in [2.05, 4.69) is 0 Å². The van der Waals surface area contributed by atoms with E-state index >= 15 is 0 Å². The van der Waals surface area contributed by atoms with Crippen LogP contribution in [0.15, 0.2) is 30.3 Å². The number of hydrogen-bond donors (Lipinski definition) is 0. The number of ether oxygens (including phenoxy) is 1. The van der Waals surface area contributed by atoms with Gasteiger partial charge in [-0.25, -0.2) is 16.8 Å². The van der Waals surface area contributed by atoms with Crippen molar-refractivity contribution in [2.75, 3.05) is 18.6 Å². The molecule has 1 aromatic rings. The van der Waals surface area contributed by atoms with Crippen LogP contribution in [0.5, 0.6) is 5.75 Å². The van der Waals surface area contributed by atoms with Crippen LogP contribution in [-0.4, -0.2) is 57.1 Å². The van der Waals surface area contributed by atoms with Crippen molar-refractivity contribution in [2.45, 2.75) is 49.4 Å². The summed E-state index contributed by atoms with van der Waals surface area (Å²) >= 11 is 0. The van der Waals surface area contributed by atoms with E-state index < -0.39 is 25.1 Å². The molecule has 140 valence electrons. The fraction of sp³-hybridized carbons (Fsp3) is 0.647. The van der Waals surface area contributed by atoms with Crippen LogP contribution in [0.4, 0.5) is 0 Å². The Labute approximate surface area is 150 Å². The van der Waals surface area contributed by atoms with Gasteiger partial charge in [-0.15, -0.1) is 0 Å². The van der Waals surface area contributed by atoms with E-state index in [1.165, 1.54) is 6.26 Å². The van der Waals surface area contributed by atoms with Gasteiger partial charge in [-0.3, -0.25) is 0 Å². The molecule has 2 heterocycles. The fourth-order valence-corrected chi connectivity index (χ4v) is 7.07. The molecule has 0 radical (unpaired) electrons. The van der Waals surface area contributed by atoms with Crippen molar-refractivity contribution in [3.8, 4) is 5.75 Å². The summed E-state index contributed by atoms with van der Waals surface area (Å²) < 4.78 is 56.3. The Hall–Kier alpha value is -1.12. The summed E-state index contributed by atoms with van der Waals surface area (Å²) in [6.07, 6.45) is 4.04. The number of para-hydroxylation sites is 1. The Bertz CT molecular complexity index is 778. The molecule has 2 bridgehead atoms. The van der Waals surface area contributed by atoms with Crippen molar-refractivity contribution >= 4 is 19.9 Å². The lowest BCUT2D eigenvalue weighted by molar-refractivity contribution is 0.247. The lowest BCUT2D eigenvalue weighted by atomic mass is 10.1. The maximum Gasteiger partial charge on any atom is 0.214 e. The number of rotatable bonds is 7. The third-order valence-corrected chi connectivity index (χ3v) is 8.75. The summed E-state index contributed by atoms with van der Waals surface area (Å²) in [6, 6.07) is 8.98. The van der Waals surface area contributed by atoms with Crippen LogP contribution in [0.25, 0.3) is 0 Å². The first kappa shape index (κ1) is 18.7. The van der Waals surface area contributed by atoms with E-state index in [-0.39, 0.29) is 17.8 Å². The molecule has 3 rings (SSSR count). The van der Waals surface area contributed by atoms with E-state index in [0.717, 1.165) is 18.6 Å². The fourth-order valence-electron chi connectivity index (χ4n) is 3.94. The number of piperidine rings is 1. The zero-order valence-electron chi connectivity index (χ0n) is 14.4. The van der Waals surface area contributed by atoms with Gasteiger partial charge in [0.2, 0.25) is 10.0 Å². The molecule has 0 amide bonds. The van der Waals surface area contributed by atoms with Crippen LogP contribution >= 0.6 is 0 Å². The van der Waals surface area contributed by atoms with Gasteiger partial charge < -0.3 is 4.74 Å². The molecule has 6 nitrogen and oxygen atoms in total. The van der Waals surface area contributed by atoms with E-state index in [4.69, 9.17) is 4.74 Å². The average Bonchev–Trinajstić information content (AvgIpc) is 2.83. The first-order valence-electron chi connectivity index (χ1n) is 8.65. The van der Waals surface area contributed by atoms with Crippen molar-refractivity contribution in [1.29, 1.82) is 0 Å². The van der Waals surface area contributed by atoms with E-state index in [9.17, 15) is 16.8 Å². The van der Waals surface area contributed by atoms with Gasteiger partial charge in [0.25, 0.3) is 0 Å². The molecular weight excluding hydrogens is 362 g/mol. The number of sulfone groups is 1. The molecule has 1 aromatic carbocycles. The van der Waals surface area contributed by atoms with Gasteiger partial charge in [0.05, 0.1) is 17.6 Å².